The van der Waals surface area contributed by atoms with E-state index in [9.17, 15) is 19.2 Å². The highest BCUT2D eigenvalue weighted by Crippen LogP contribution is 2.47. The number of hydrogen-bond donors (Lipinski definition) is 3. The summed E-state index contributed by atoms with van der Waals surface area (Å²) in [6.45, 7) is 0. The monoisotopic (exact) mass is 1170 g/mol. The predicted octanol–water partition coefficient (Wildman–Crippen LogP) is 17.3. The van der Waals surface area contributed by atoms with Crippen LogP contribution in [0, 0.1) is 0 Å². The maximum atomic E-state index is 12.4. The number of benzene rings is 4. The molecule has 0 fully saturated rings. The third-order valence-electron chi connectivity index (χ3n) is 14.3. The number of rotatable bonds is 8. The Balaban J connectivity index is 0.000000226. The fraction of sp³-hybridized carbons (Fsp3) is 0. The van der Waals surface area contributed by atoms with Crippen LogP contribution < -0.4 is 0 Å². The normalized spacial score (nSPS) is 12.0. The van der Waals surface area contributed by atoms with E-state index >= 15 is 0 Å². The van der Waals surface area contributed by atoms with Crippen LogP contribution in [-0.2, 0) is 0 Å². The van der Waals surface area contributed by atoms with E-state index in [4.69, 9.17) is 56.4 Å². The van der Waals surface area contributed by atoms with Gasteiger partial charge in [0.25, 0.3) is 21.0 Å². The quantitative estimate of drug-likeness (QED) is 0.126. The Kier molecular flexibility index (Phi) is 14.2. The summed E-state index contributed by atoms with van der Waals surface area (Å²) in [7, 11) is 0. The molecule has 84 heavy (non-hydrogen) atoms. The average molecular weight is 1170 g/mol. The molecule has 14 rings (SSSR count). The molecule has 0 amide bonds. The van der Waals surface area contributed by atoms with Crippen molar-refractivity contribution < 1.29 is 19.2 Å². The molecule has 10 aromatic rings. The van der Waals surface area contributed by atoms with Gasteiger partial charge in [0.15, 0.2) is 0 Å². The summed E-state index contributed by atoms with van der Waals surface area (Å²) in [6, 6.07) is 53.9. The lowest BCUT2D eigenvalue weighted by molar-refractivity contribution is 0.107. The van der Waals surface area contributed by atoms with Gasteiger partial charge in [-0.2, -0.15) is 0 Å². The molecule has 16 bridgehead atoms. The van der Waals surface area contributed by atoms with Gasteiger partial charge < -0.3 is 19.5 Å². The molecule has 0 saturated carbocycles. The highest BCUT2D eigenvalue weighted by Gasteiger charge is 2.27. The van der Waals surface area contributed by atoms with Gasteiger partial charge >= 0.3 is 0 Å². The highest BCUT2D eigenvalue weighted by atomic mass is 35.5. The first-order valence-electron chi connectivity index (χ1n) is 26.2. The van der Waals surface area contributed by atoms with Crippen LogP contribution in [0.5, 0.6) is 0 Å². The molecule has 0 radical (unpaired) electrons. The fourth-order valence-corrected chi connectivity index (χ4v) is 10.9. The zero-order valence-corrected chi connectivity index (χ0v) is 46.8. The predicted molar refractivity (Wildman–Crippen MR) is 340 cm³/mol. The van der Waals surface area contributed by atoms with Gasteiger partial charge in [-0.3, -0.25) is 19.2 Å². The third kappa shape index (κ3) is 11.1. The first-order chi connectivity index (χ1) is 40.8. The number of nitrogens with one attached hydrogen (secondary N) is 3. The van der Waals surface area contributed by atoms with Crippen molar-refractivity contribution in [2.24, 2.45) is 0 Å². The number of carbonyl (C=O) groups is 4. The summed E-state index contributed by atoms with van der Waals surface area (Å²) in [6.07, 6.45) is 15.8. The van der Waals surface area contributed by atoms with Crippen molar-refractivity contribution in [3.63, 3.8) is 0 Å². The molecule has 4 aliphatic heterocycles. The maximum absolute atomic E-state index is 12.4. The standard InChI is InChI=1S/C48H26Cl4N4O4.C20H14N4/c49-45(57)29-7-1-26(2-8-29)41-39-22-19-36(55-39)24-35-16-15-33(53-35)23-34-17-18-37(54-34)25-40-42(27-3-9-30(10-4-27)46(50)58)43(28-5-11-31(12-6-28)47(51)59)44(41)56(40)38-20-13-32(14-21-38)48(52)60;1-2-14-10-16-5-6-18(23-16)12-20-8-7-19(24-20)11-17-4-3-15(22-17)9-13(1)21-14/h1-25,53H;1-12,21,24H. The summed E-state index contributed by atoms with van der Waals surface area (Å²) in [5, 5.41) is -2.45. The summed E-state index contributed by atoms with van der Waals surface area (Å²) < 4.78 is 2.06. The molecule has 4 aliphatic rings. The van der Waals surface area contributed by atoms with E-state index in [1.165, 1.54) is 0 Å². The van der Waals surface area contributed by atoms with Crippen LogP contribution >= 0.6 is 46.4 Å². The fourth-order valence-electron chi connectivity index (χ4n) is 10.4. The van der Waals surface area contributed by atoms with Gasteiger partial charge in [-0.05, 0) is 251 Å². The lowest BCUT2D eigenvalue weighted by Crippen LogP contribution is -1.99. The van der Waals surface area contributed by atoms with E-state index in [0.29, 0.717) is 89.6 Å². The van der Waals surface area contributed by atoms with Crippen molar-refractivity contribution in [3.05, 3.63) is 244 Å². The lowest BCUT2D eigenvalue weighted by atomic mass is 9.92. The van der Waals surface area contributed by atoms with Gasteiger partial charge in [0.05, 0.1) is 56.6 Å². The molecular weight excluding hydrogens is 1130 g/mol. The van der Waals surface area contributed by atoms with Gasteiger partial charge in [0.2, 0.25) is 0 Å². The molecule has 0 spiro atoms. The topological polar surface area (TPSA) is 172 Å². The zero-order valence-electron chi connectivity index (χ0n) is 43.7. The van der Waals surface area contributed by atoms with Gasteiger partial charge in [0, 0.05) is 77.7 Å². The first kappa shape index (κ1) is 53.2. The SMILES string of the molecule is C1=Cc2cc3ccc(cc4nc(cc5ccc(cc1n2)[nH]5)C=C4)[nH]3.O=C(Cl)c1ccc(-c2c(-c3ccc(C(=O)Cl)cc3)c3c(-c4ccc(C(=O)Cl)cc4)c4nc(cc5ccc(cc6nc(cc2n3-c2ccc(C(=O)Cl)cc2)C=C6)[nH]5)C=C4)cc1. The molecule has 404 valence electrons. The van der Waals surface area contributed by atoms with Crippen molar-refractivity contribution in [2.75, 3.05) is 0 Å². The molecular formula is C68H40Cl4N8O4. The number of carbonyl (C=O) groups excluding carboxylic acids is 4. The minimum absolute atomic E-state index is 0.297. The summed E-state index contributed by atoms with van der Waals surface area (Å²) >= 11 is 23.8. The van der Waals surface area contributed by atoms with Crippen molar-refractivity contribution in [2.45, 2.75) is 0 Å². The second kappa shape index (κ2) is 22.3. The summed E-state index contributed by atoms with van der Waals surface area (Å²) in [4.78, 5) is 79.0. The molecule has 10 heterocycles. The summed E-state index contributed by atoms with van der Waals surface area (Å²) in [5.41, 5.74) is 19.5. The number of fused-ring (bicyclic) bond motifs is 16. The maximum Gasteiger partial charge on any atom is 0.252 e. The molecule has 3 N–H and O–H groups in total. The number of nitrogens with zero attached hydrogens (tertiary/aromatic N) is 5. The van der Waals surface area contributed by atoms with Crippen LogP contribution in [0.3, 0.4) is 0 Å². The van der Waals surface area contributed by atoms with Gasteiger partial charge in [-0.1, -0.05) is 36.4 Å². The number of hydrogen-bond acceptors (Lipinski definition) is 8. The molecule has 0 unspecified atom stereocenters. The van der Waals surface area contributed by atoms with E-state index < -0.39 is 21.0 Å². The summed E-state index contributed by atoms with van der Waals surface area (Å²) in [5.74, 6) is 0. The Labute approximate surface area is 498 Å². The van der Waals surface area contributed by atoms with E-state index in [-0.39, 0.29) is 0 Å². The van der Waals surface area contributed by atoms with Crippen molar-refractivity contribution in [3.8, 4) is 39.1 Å². The van der Waals surface area contributed by atoms with Gasteiger partial charge in [-0.15, -0.1) is 0 Å². The number of halogens is 4. The van der Waals surface area contributed by atoms with Crippen molar-refractivity contribution in [1.29, 1.82) is 0 Å². The number of aromatic amines is 3. The average Bonchev–Trinajstić information content (AvgIpc) is 1.80. The Morgan fingerprint density at radius 1 is 0.310 bits per heavy atom. The molecule has 12 nitrogen and oxygen atoms in total. The van der Waals surface area contributed by atoms with Crippen LogP contribution in [0.4, 0.5) is 0 Å². The zero-order chi connectivity index (χ0) is 57.6. The number of H-pyrrole nitrogens is 3. The second-order valence-corrected chi connectivity index (χ2v) is 21.2. The Hall–Kier alpha value is -10.1. The minimum atomic E-state index is -0.615. The van der Waals surface area contributed by atoms with Crippen LogP contribution in [0.2, 0.25) is 0 Å². The molecule has 0 aliphatic carbocycles. The Morgan fingerprint density at radius 2 is 0.595 bits per heavy atom. The molecule has 6 aromatic heterocycles. The van der Waals surface area contributed by atoms with Crippen molar-refractivity contribution >= 4 is 160 Å². The largest absolute Gasteiger partial charge is 0.355 e. The number of aromatic nitrogens is 8. The molecule has 4 aromatic carbocycles. The lowest BCUT2D eigenvalue weighted by Gasteiger charge is -2.14. The Morgan fingerprint density at radius 3 is 0.940 bits per heavy atom. The molecule has 16 heteroatoms. The van der Waals surface area contributed by atoms with Crippen LogP contribution in [0.1, 0.15) is 87.0 Å². The van der Waals surface area contributed by atoms with E-state index in [1.54, 1.807) is 60.7 Å². The van der Waals surface area contributed by atoms with Crippen molar-refractivity contribution in [1.82, 2.24) is 39.5 Å². The first-order valence-corrected chi connectivity index (χ1v) is 27.7. The molecule has 0 atom stereocenters. The smallest absolute Gasteiger partial charge is 0.252 e. The van der Waals surface area contributed by atoms with Crippen LogP contribution in [-0.4, -0.2) is 60.4 Å². The second-order valence-electron chi connectivity index (χ2n) is 19.8. The Bertz CT molecular complexity index is 4720. The van der Waals surface area contributed by atoms with E-state index in [0.717, 1.165) is 61.4 Å². The van der Waals surface area contributed by atoms with E-state index in [1.807, 2.05) is 140 Å². The highest BCUT2D eigenvalue weighted by molar-refractivity contribution is 6.68. The van der Waals surface area contributed by atoms with Gasteiger partial charge in [-0.25, -0.2) is 19.9 Å². The minimum Gasteiger partial charge on any atom is -0.355 e. The molecule has 0 saturated heterocycles. The van der Waals surface area contributed by atoms with Gasteiger partial charge in [0.1, 0.15) is 0 Å². The third-order valence-corrected chi connectivity index (χ3v) is 15.1. The van der Waals surface area contributed by atoms with Crippen LogP contribution in [0.15, 0.2) is 176 Å². The van der Waals surface area contributed by atoms with Crippen LogP contribution in [0.25, 0.3) is 132 Å². The van der Waals surface area contributed by atoms with E-state index in [2.05, 4.69) is 53.8 Å².